The molecule has 0 aliphatic heterocycles. The van der Waals surface area contributed by atoms with Crippen LogP contribution in [0, 0.1) is 5.82 Å². The van der Waals surface area contributed by atoms with E-state index in [1.807, 2.05) is 0 Å². The molecule has 0 spiro atoms. The number of anilines is 1. The molecular formula is C5H5BBrFN2O2. The summed E-state index contributed by atoms with van der Waals surface area (Å²) in [5.41, 5.74) is 4.76. The molecule has 0 aliphatic rings. The predicted octanol–water partition coefficient (Wildman–Crippen LogP) is -0.755. The minimum atomic E-state index is -1.81. The average molecular weight is 235 g/mol. The lowest BCUT2D eigenvalue weighted by Crippen LogP contribution is -2.33. The van der Waals surface area contributed by atoms with Crippen molar-refractivity contribution in [2.45, 2.75) is 0 Å². The Morgan fingerprint density at radius 1 is 1.58 bits per heavy atom. The van der Waals surface area contributed by atoms with Crippen molar-refractivity contribution >= 4 is 34.2 Å². The van der Waals surface area contributed by atoms with E-state index in [0.717, 1.165) is 6.20 Å². The minimum absolute atomic E-state index is 0.0515. The molecule has 0 saturated heterocycles. The fourth-order valence-corrected chi connectivity index (χ4v) is 1.01. The summed E-state index contributed by atoms with van der Waals surface area (Å²) in [6, 6.07) is 0. The van der Waals surface area contributed by atoms with Gasteiger partial charge in [0.05, 0.1) is 5.69 Å². The largest absolute Gasteiger partial charge is 0.492 e. The number of nitrogens with zero attached hydrogens (tertiary/aromatic N) is 1. The summed E-state index contributed by atoms with van der Waals surface area (Å²) < 4.78 is 12.8. The van der Waals surface area contributed by atoms with Crippen molar-refractivity contribution in [1.82, 2.24) is 4.98 Å². The maximum atomic E-state index is 12.9. The summed E-state index contributed by atoms with van der Waals surface area (Å²) in [5, 5.41) is 17.3. The first-order chi connectivity index (χ1) is 5.54. The fraction of sp³-hybridized carbons (Fsp3) is 0. The maximum absolute atomic E-state index is 12.9. The molecule has 7 heteroatoms. The van der Waals surface area contributed by atoms with Crippen LogP contribution >= 0.6 is 15.9 Å². The molecule has 64 valence electrons. The summed E-state index contributed by atoms with van der Waals surface area (Å²) in [6.45, 7) is 0. The Balaban J connectivity index is 3.27. The predicted molar refractivity (Wildman–Crippen MR) is 46.1 cm³/mol. The molecule has 1 rings (SSSR count). The monoisotopic (exact) mass is 234 g/mol. The van der Waals surface area contributed by atoms with E-state index in [2.05, 4.69) is 20.9 Å². The van der Waals surface area contributed by atoms with Crippen LogP contribution in [0.2, 0.25) is 0 Å². The van der Waals surface area contributed by atoms with Crippen LogP contribution in [0.3, 0.4) is 0 Å². The zero-order valence-electron chi connectivity index (χ0n) is 5.83. The van der Waals surface area contributed by atoms with Gasteiger partial charge in [-0.05, 0) is 15.9 Å². The number of nitrogen functional groups attached to an aromatic ring is 1. The third-order valence-corrected chi connectivity index (χ3v) is 1.88. The Labute approximate surface area is 76.5 Å². The van der Waals surface area contributed by atoms with Crippen LogP contribution in [0.25, 0.3) is 0 Å². The van der Waals surface area contributed by atoms with Crippen LogP contribution in [-0.2, 0) is 0 Å². The molecule has 0 amide bonds. The molecule has 0 atom stereocenters. The van der Waals surface area contributed by atoms with Gasteiger partial charge in [0.25, 0.3) is 0 Å². The zero-order valence-corrected chi connectivity index (χ0v) is 7.42. The van der Waals surface area contributed by atoms with Crippen LogP contribution in [0.5, 0.6) is 0 Å². The summed E-state index contributed by atoms with van der Waals surface area (Å²) in [4.78, 5) is 3.50. The molecule has 1 aromatic rings. The maximum Gasteiger partial charge on any atom is 0.492 e. The average Bonchev–Trinajstić information content (AvgIpc) is 2.00. The van der Waals surface area contributed by atoms with Gasteiger partial charge in [0.15, 0.2) is 5.82 Å². The second-order valence-electron chi connectivity index (χ2n) is 2.11. The number of nitrogens with two attached hydrogens (primary N) is 1. The lowest BCUT2D eigenvalue weighted by molar-refractivity contribution is 0.425. The van der Waals surface area contributed by atoms with Crippen LogP contribution in [-0.4, -0.2) is 22.2 Å². The van der Waals surface area contributed by atoms with Crippen molar-refractivity contribution in [2.75, 3.05) is 5.73 Å². The first kappa shape index (κ1) is 9.43. The number of rotatable bonds is 1. The molecular weight excluding hydrogens is 230 g/mol. The highest BCUT2D eigenvalue weighted by molar-refractivity contribution is 9.10. The Morgan fingerprint density at radius 2 is 2.17 bits per heavy atom. The van der Waals surface area contributed by atoms with Gasteiger partial charge in [-0.1, -0.05) is 0 Å². The van der Waals surface area contributed by atoms with Gasteiger partial charge in [-0.2, -0.15) is 0 Å². The van der Waals surface area contributed by atoms with E-state index in [0.29, 0.717) is 0 Å². The molecule has 4 nitrogen and oxygen atoms in total. The van der Waals surface area contributed by atoms with E-state index < -0.39 is 12.9 Å². The fourth-order valence-electron chi connectivity index (χ4n) is 0.696. The van der Waals surface area contributed by atoms with Gasteiger partial charge >= 0.3 is 7.12 Å². The van der Waals surface area contributed by atoms with Gasteiger partial charge in [-0.15, -0.1) is 0 Å². The highest BCUT2D eigenvalue weighted by Gasteiger charge is 2.19. The Morgan fingerprint density at radius 3 is 2.67 bits per heavy atom. The van der Waals surface area contributed by atoms with E-state index in [9.17, 15) is 4.39 Å². The molecule has 0 fully saturated rings. The molecule has 0 unspecified atom stereocenters. The first-order valence-corrected chi connectivity index (χ1v) is 3.79. The summed E-state index contributed by atoms with van der Waals surface area (Å²) in [7, 11) is -1.81. The second-order valence-corrected chi connectivity index (χ2v) is 2.86. The van der Waals surface area contributed by atoms with Gasteiger partial charge < -0.3 is 15.8 Å². The Kier molecular flexibility index (Phi) is 2.66. The van der Waals surface area contributed by atoms with Crippen LogP contribution in [0.15, 0.2) is 10.8 Å². The standard InChI is InChI=1S/C5H5BBrFN2O2/c7-5-3(8)4(9)2(1-10-5)6(11)12/h1,11-12H,(H2,9,10). The van der Waals surface area contributed by atoms with Gasteiger partial charge in [-0.25, -0.2) is 9.37 Å². The molecule has 12 heavy (non-hydrogen) atoms. The first-order valence-electron chi connectivity index (χ1n) is 2.99. The normalized spacial score (nSPS) is 10.0. The summed E-state index contributed by atoms with van der Waals surface area (Å²) >= 11 is 2.80. The van der Waals surface area contributed by atoms with Crippen LogP contribution < -0.4 is 11.2 Å². The number of hydrogen-bond acceptors (Lipinski definition) is 4. The molecule has 0 aromatic carbocycles. The second kappa shape index (κ2) is 3.38. The van der Waals surface area contributed by atoms with Crippen molar-refractivity contribution in [3.05, 3.63) is 16.6 Å². The third-order valence-electron chi connectivity index (χ3n) is 1.32. The Hall–Kier alpha value is -0.655. The number of hydrogen-bond donors (Lipinski definition) is 3. The molecule has 1 heterocycles. The topological polar surface area (TPSA) is 79.4 Å². The molecule has 1 aromatic heterocycles. The highest BCUT2D eigenvalue weighted by atomic mass is 79.9. The number of pyridine rings is 1. The minimum Gasteiger partial charge on any atom is -0.423 e. The van der Waals surface area contributed by atoms with Crippen molar-refractivity contribution in [1.29, 1.82) is 0 Å². The van der Waals surface area contributed by atoms with Gasteiger partial charge in [-0.3, -0.25) is 0 Å². The highest BCUT2D eigenvalue weighted by Crippen LogP contribution is 2.15. The van der Waals surface area contributed by atoms with Crippen molar-refractivity contribution in [2.24, 2.45) is 0 Å². The number of aromatic nitrogens is 1. The van der Waals surface area contributed by atoms with E-state index >= 15 is 0 Å². The molecule has 0 radical (unpaired) electrons. The van der Waals surface area contributed by atoms with Crippen molar-refractivity contribution in [3.8, 4) is 0 Å². The van der Waals surface area contributed by atoms with Crippen LogP contribution in [0.1, 0.15) is 0 Å². The summed E-state index contributed by atoms with van der Waals surface area (Å²) in [6.07, 6.45) is 1.09. The van der Waals surface area contributed by atoms with Crippen LogP contribution in [0.4, 0.5) is 10.1 Å². The molecule has 4 N–H and O–H groups in total. The summed E-state index contributed by atoms with van der Waals surface area (Å²) in [5.74, 6) is -0.791. The SMILES string of the molecule is Nc1c(B(O)O)cnc(Br)c1F. The number of halogens is 2. The van der Waals surface area contributed by atoms with E-state index in [-0.39, 0.29) is 15.8 Å². The van der Waals surface area contributed by atoms with E-state index in [1.54, 1.807) is 0 Å². The zero-order chi connectivity index (χ0) is 9.30. The lowest BCUT2D eigenvalue weighted by atomic mass is 9.80. The Bertz CT molecular complexity index is 310. The van der Waals surface area contributed by atoms with Crippen molar-refractivity contribution < 1.29 is 14.4 Å². The third kappa shape index (κ3) is 1.57. The molecule has 0 bridgehead atoms. The molecule has 0 saturated carbocycles. The smallest absolute Gasteiger partial charge is 0.423 e. The molecule has 0 aliphatic carbocycles. The van der Waals surface area contributed by atoms with Gasteiger partial charge in [0, 0.05) is 11.7 Å². The van der Waals surface area contributed by atoms with Gasteiger partial charge in [0.1, 0.15) is 4.60 Å². The lowest BCUT2D eigenvalue weighted by Gasteiger charge is -2.04. The quantitative estimate of drug-likeness (QED) is 0.441. The van der Waals surface area contributed by atoms with E-state index in [4.69, 9.17) is 15.8 Å². The van der Waals surface area contributed by atoms with Crippen molar-refractivity contribution in [3.63, 3.8) is 0 Å². The van der Waals surface area contributed by atoms with Gasteiger partial charge in [0.2, 0.25) is 0 Å². The van der Waals surface area contributed by atoms with E-state index in [1.165, 1.54) is 0 Å².